The Labute approximate surface area is 154 Å². The lowest BCUT2D eigenvalue weighted by Crippen LogP contribution is -2.43. The van der Waals surface area contributed by atoms with Crippen molar-refractivity contribution in [2.24, 2.45) is 0 Å². The molecule has 0 fully saturated rings. The average molecular weight is 348 g/mol. The summed E-state index contributed by atoms with van der Waals surface area (Å²) in [6, 6.07) is 0. The van der Waals surface area contributed by atoms with Crippen LogP contribution in [-0.4, -0.2) is 66.4 Å². The van der Waals surface area contributed by atoms with Gasteiger partial charge in [0, 0.05) is 5.54 Å². The summed E-state index contributed by atoms with van der Waals surface area (Å²) < 4.78 is 0. The zero-order chi connectivity index (χ0) is 19.4. The number of nitrogens with zero attached hydrogens (tertiary/aromatic N) is 2. The fourth-order valence-electron chi connectivity index (χ4n) is 2.63. The molecule has 0 radical (unpaired) electrons. The number of nitrogens with one attached hydrogen (secondary N) is 1. The van der Waals surface area contributed by atoms with Crippen molar-refractivity contribution in [3.05, 3.63) is 0 Å². The fourth-order valence-corrected chi connectivity index (χ4v) is 2.63. The standard InChI is InChI=1S/C8H19NO.2C6H15N/c1-4-8(5-2,6-3)9-7-10;2*1-4-7(5-2)6-3/h9-10H,4-7H2,1-3H3;2*4-6H2,1-3H3. The summed E-state index contributed by atoms with van der Waals surface area (Å²) in [7, 11) is 0. The Morgan fingerprint density at radius 2 is 0.833 bits per heavy atom. The van der Waals surface area contributed by atoms with Crippen LogP contribution in [0.3, 0.4) is 0 Å². The largest absolute Gasteiger partial charge is 0.381 e. The summed E-state index contributed by atoms with van der Waals surface area (Å²) in [6.45, 7) is 26.8. The topological polar surface area (TPSA) is 38.7 Å². The van der Waals surface area contributed by atoms with Gasteiger partial charge in [-0.1, -0.05) is 62.3 Å². The molecule has 0 spiro atoms. The first-order valence-corrected chi connectivity index (χ1v) is 10.2. The summed E-state index contributed by atoms with van der Waals surface area (Å²) in [6.07, 6.45) is 3.25. The maximum absolute atomic E-state index is 8.68. The highest BCUT2D eigenvalue weighted by molar-refractivity contribution is 4.82. The van der Waals surface area contributed by atoms with Gasteiger partial charge >= 0.3 is 0 Å². The Bertz CT molecular complexity index is 182. The summed E-state index contributed by atoms with van der Waals surface area (Å²) in [4.78, 5) is 4.75. The lowest BCUT2D eigenvalue weighted by molar-refractivity contribution is 0.177. The molecule has 24 heavy (non-hydrogen) atoms. The molecule has 0 aromatic heterocycles. The van der Waals surface area contributed by atoms with Crippen LogP contribution in [0.15, 0.2) is 0 Å². The second-order valence-corrected chi connectivity index (χ2v) is 5.91. The van der Waals surface area contributed by atoms with Gasteiger partial charge in [0.2, 0.25) is 0 Å². The SMILES string of the molecule is CCC(CC)(CC)NCO.CCN(CC)CC.CCN(CC)CC. The van der Waals surface area contributed by atoms with Gasteiger partial charge in [0.05, 0.1) is 6.73 Å². The molecule has 150 valence electrons. The van der Waals surface area contributed by atoms with Gasteiger partial charge in [-0.15, -0.1) is 0 Å². The highest BCUT2D eigenvalue weighted by atomic mass is 16.3. The van der Waals surface area contributed by atoms with Crippen molar-refractivity contribution in [2.45, 2.75) is 87.1 Å². The molecule has 4 heteroatoms. The van der Waals surface area contributed by atoms with E-state index in [2.05, 4.69) is 77.4 Å². The molecule has 0 rings (SSSR count). The lowest BCUT2D eigenvalue weighted by Gasteiger charge is -2.30. The van der Waals surface area contributed by atoms with Gasteiger partial charge < -0.3 is 14.9 Å². The monoisotopic (exact) mass is 347 g/mol. The van der Waals surface area contributed by atoms with E-state index in [4.69, 9.17) is 5.11 Å². The Hall–Kier alpha value is -0.160. The van der Waals surface area contributed by atoms with Gasteiger partial charge in [-0.2, -0.15) is 0 Å². The minimum Gasteiger partial charge on any atom is -0.381 e. The highest BCUT2D eigenvalue weighted by Gasteiger charge is 2.21. The van der Waals surface area contributed by atoms with E-state index >= 15 is 0 Å². The van der Waals surface area contributed by atoms with E-state index < -0.39 is 0 Å². The molecule has 0 saturated heterocycles. The molecular formula is C20H49N3O. The summed E-state index contributed by atoms with van der Waals surface area (Å²) in [5.74, 6) is 0. The third-order valence-corrected chi connectivity index (χ3v) is 5.17. The Morgan fingerprint density at radius 3 is 0.875 bits per heavy atom. The molecule has 0 aliphatic rings. The fraction of sp³-hybridized carbons (Fsp3) is 1.00. The van der Waals surface area contributed by atoms with Gasteiger partial charge in [-0.25, -0.2) is 0 Å². The van der Waals surface area contributed by atoms with E-state index in [-0.39, 0.29) is 12.3 Å². The van der Waals surface area contributed by atoms with Crippen LogP contribution < -0.4 is 5.32 Å². The van der Waals surface area contributed by atoms with Crippen molar-refractivity contribution in [3.63, 3.8) is 0 Å². The molecule has 0 heterocycles. The van der Waals surface area contributed by atoms with Crippen molar-refractivity contribution in [1.82, 2.24) is 15.1 Å². The van der Waals surface area contributed by atoms with Gasteiger partial charge in [-0.05, 0) is 58.5 Å². The summed E-state index contributed by atoms with van der Waals surface area (Å²) >= 11 is 0. The van der Waals surface area contributed by atoms with Gasteiger partial charge in [0.15, 0.2) is 0 Å². The van der Waals surface area contributed by atoms with Crippen molar-refractivity contribution in [2.75, 3.05) is 46.0 Å². The zero-order valence-corrected chi connectivity index (χ0v) is 18.4. The maximum atomic E-state index is 8.68. The normalized spacial score (nSPS) is 11.0. The van der Waals surface area contributed by atoms with Gasteiger partial charge in [0.1, 0.15) is 0 Å². The summed E-state index contributed by atoms with van der Waals surface area (Å²) in [5.41, 5.74) is 0.175. The van der Waals surface area contributed by atoms with E-state index in [1.165, 1.54) is 39.3 Å². The smallest absolute Gasteiger partial charge is 0.0935 e. The molecule has 0 aliphatic carbocycles. The minimum atomic E-state index is 0.0928. The molecule has 2 N–H and O–H groups in total. The molecule has 0 atom stereocenters. The second-order valence-electron chi connectivity index (χ2n) is 5.91. The van der Waals surface area contributed by atoms with Crippen LogP contribution in [0.2, 0.25) is 0 Å². The average Bonchev–Trinajstić information content (AvgIpc) is 2.64. The highest BCUT2D eigenvalue weighted by Crippen LogP contribution is 2.18. The lowest BCUT2D eigenvalue weighted by atomic mass is 9.90. The third kappa shape index (κ3) is 15.4. The van der Waals surface area contributed by atoms with Crippen molar-refractivity contribution >= 4 is 0 Å². The molecule has 0 aromatic carbocycles. The number of hydrogen-bond donors (Lipinski definition) is 2. The van der Waals surface area contributed by atoms with Crippen molar-refractivity contribution in [1.29, 1.82) is 0 Å². The van der Waals surface area contributed by atoms with Crippen LogP contribution in [0.4, 0.5) is 0 Å². The second kappa shape index (κ2) is 20.9. The molecule has 0 bridgehead atoms. The quantitative estimate of drug-likeness (QED) is 0.550. The molecule has 0 saturated carbocycles. The minimum absolute atomic E-state index is 0.0928. The Balaban J connectivity index is -0.000000283. The van der Waals surface area contributed by atoms with E-state index in [1.54, 1.807) is 0 Å². The van der Waals surface area contributed by atoms with Crippen LogP contribution in [0.25, 0.3) is 0 Å². The van der Waals surface area contributed by atoms with Gasteiger partial charge in [0.25, 0.3) is 0 Å². The molecule has 0 aromatic rings. The number of aliphatic hydroxyl groups excluding tert-OH is 1. The first kappa shape index (κ1) is 28.6. The van der Waals surface area contributed by atoms with Crippen LogP contribution in [0.5, 0.6) is 0 Å². The number of rotatable bonds is 11. The number of aliphatic hydroxyl groups is 1. The van der Waals surface area contributed by atoms with Crippen LogP contribution in [0, 0.1) is 0 Å². The van der Waals surface area contributed by atoms with Crippen LogP contribution in [-0.2, 0) is 0 Å². The maximum Gasteiger partial charge on any atom is 0.0935 e. The first-order valence-electron chi connectivity index (χ1n) is 10.2. The third-order valence-electron chi connectivity index (χ3n) is 5.17. The predicted molar refractivity (Wildman–Crippen MR) is 111 cm³/mol. The zero-order valence-electron chi connectivity index (χ0n) is 18.4. The molecule has 0 aliphatic heterocycles. The van der Waals surface area contributed by atoms with Gasteiger partial charge in [-0.3, -0.25) is 5.32 Å². The molecule has 4 nitrogen and oxygen atoms in total. The first-order chi connectivity index (χ1) is 11.4. The van der Waals surface area contributed by atoms with E-state index in [0.29, 0.717) is 0 Å². The Morgan fingerprint density at radius 1 is 0.583 bits per heavy atom. The number of hydrogen-bond acceptors (Lipinski definition) is 4. The van der Waals surface area contributed by atoms with E-state index in [0.717, 1.165) is 19.3 Å². The van der Waals surface area contributed by atoms with Crippen LogP contribution >= 0.6 is 0 Å². The molecule has 0 amide bonds. The molecular weight excluding hydrogens is 298 g/mol. The predicted octanol–water partition coefficient (Wildman–Crippen LogP) is 4.19. The Kier molecular flexibility index (Phi) is 24.9. The molecule has 0 unspecified atom stereocenters. The van der Waals surface area contributed by atoms with E-state index in [1.807, 2.05) is 0 Å². The summed E-state index contributed by atoms with van der Waals surface area (Å²) in [5, 5.41) is 11.8. The van der Waals surface area contributed by atoms with Crippen molar-refractivity contribution < 1.29 is 5.11 Å². The van der Waals surface area contributed by atoms with Crippen LogP contribution in [0.1, 0.15) is 81.6 Å². The van der Waals surface area contributed by atoms with Crippen molar-refractivity contribution in [3.8, 4) is 0 Å². The van der Waals surface area contributed by atoms with E-state index in [9.17, 15) is 0 Å².